The van der Waals surface area contributed by atoms with Crippen LogP contribution in [0.15, 0.2) is 36.4 Å². The zero-order valence-electron chi connectivity index (χ0n) is 16.2. The molecule has 0 bridgehead atoms. The van der Waals surface area contributed by atoms with Gasteiger partial charge in [-0.25, -0.2) is 4.98 Å². The third kappa shape index (κ3) is 5.04. The molecule has 0 saturated heterocycles. The van der Waals surface area contributed by atoms with Gasteiger partial charge in [-0.15, -0.1) is 11.3 Å². The number of thiazole rings is 1. The Bertz CT molecular complexity index is 1020. The SMILES string of the molecule is COc1cc(/C=C(\CCC(=O)O)c2nc3ccccc3s2)cc(OC)c1OC(F)F. The number of hydrogen-bond acceptors (Lipinski definition) is 6. The number of carboxylic acid groups (broad SMARTS) is 1. The lowest BCUT2D eigenvalue weighted by atomic mass is 10.1. The lowest BCUT2D eigenvalue weighted by Gasteiger charge is -2.15. The minimum atomic E-state index is -3.04. The summed E-state index contributed by atoms with van der Waals surface area (Å²) in [6.07, 6.45) is 1.91. The fraction of sp³-hybridized carbons (Fsp3) is 0.238. The highest BCUT2D eigenvalue weighted by atomic mass is 32.1. The van der Waals surface area contributed by atoms with Crippen molar-refractivity contribution in [3.05, 3.63) is 47.0 Å². The average molecular weight is 435 g/mol. The zero-order valence-corrected chi connectivity index (χ0v) is 17.0. The van der Waals surface area contributed by atoms with Crippen LogP contribution in [0.1, 0.15) is 23.4 Å². The summed E-state index contributed by atoms with van der Waals surface area (Å²) >= 11 is 1.45. The maximum atomic E-state index is 12.8. The minimum Gasteiger partial charge on any atom is -0.493 e. The predicted molar refractivity (Wildman–Crippen MR) is 111 cm³/mol. The second kappa shape index (κ2) is 9.53. The molecule has 3 aromatic rings. The second-order valence-electron chi connectivity index (χ2n) is 6.18. The van der Waals surface area contributed by atoms with Gasteiger partial charge in [0.05, 0.1) is 24.4 Å². The summed E-state index contributed by atoms with van der Waals surface area (Å²) in [4.78, 5) is 15.7. The summed E-state index contributed by atoms with van der Waals surface area (Å²) in [6, 6.07) is 10.6. The molecule has 0 radical (unpaired) electrons. The van der Waals surface area contributed by atoms with Gasteiger partial charge in [-0.1, -0.05) is 12.1 Å². The Labute approximate surface area is 175 Å². The van der Waals surface area contributed by atoms with E-state index in [2.05, 4.69) is 9.72 Å². The number of alkyl halides is 2. The topological polar surface area (TPSA) is 77.9 Å². The number of rotatable bonds is 9. The lowest BCUT2D eigenvalue weighted by Crippen LogP contribution is -2.05. The fourth-order valence-corrected chi connectivity index (χ4v) is 3.89. The first-order valence-corrected chi connectivity index (χ1v) is 9.72. The van der Waals surface area contributed by atoms with Crippen LogP contribution in [0.2, 0.25) is 0 Å². The van der Waals surface area contributed by atoms with Gasteiger partial charge in [0, 0.05) is 6.42 Å². The molecule has 0 aliphatic carbocycles. The van der Waals surface area contributed by atoms with Gasteiger partial charge < -0.3 is 19.3 Å². The molecule has 0 fully saturated rings. The number of carbonyl (C=O) groups is 1. The van der Waals surface area contributed by atoms with Crippen molar-refractivity contribution in [2.75, 3.05) is 14.2 Å². The number of methoxy groups -OCH3 is 2. The van der Waals surface area contributed by atoms with E-state index < -0.39 is 12.6 Å². The number of hydrogen-bond donors (Lipinski definition) is 1. The molecule has 158 valence electrons. The zero-order chi connectivity index (χ0) is 21.7. The molecular weight excluding hydrogens is 416 g/mol. The van der Waals surface area contributed by atoms with E-state index in [-0.39, 0.29) is 30.1 Å². The quantitative estimate of drug-likeness (QED) is 0.490. The number of ether oxygens (including phenoxy) is 3. The van der Waals surface area contributed by atoms with Crippen LogP contribution in [0.25, 0.3) is 21.9 Å². The smallest absolute Gasteiger partial charge is 0.387 e. The molecule has 0 spiro atoms. The van der Waals surface area contributed by atoms with E-state index in [9.17, 15) is 13.6 Å². The van der Waals surface area contributed by atoms with Gasteiger partial charge in [0.15, 0.2) is 11.5 Å². The normalized spacial score (nSPS) is 11.7. The van der Waals surface area contributed by atoms with E-state index in [0.717, 1.165) is 10.2 Å². The van der Waals surface area contributed by atoms with Crippen molar-refractivity contribution in [3.63, 3.8) is 0 Å². The summed E-state index contributed by atoms with van der Waals surface area (Å²) in [7, 11) is 2.67. The molecule has 0 unspecified atom stereocenters. The molecule has 2 aromatic carbocycles. The lowest BCUT2D eigenvalue weighted by molar-refractivity contribution is -0.136. The number of halogens is 2. The molecule has 9 heteroatoms. The molecule has 0 saturated carbocycles. The minimum absolute atomic E-state index is 0.0720. The number of aliphatic carboxylic acids is 1. The first-order chi connectivity index (χ1) is 14.4. The van der Waals surface area contributed by atoms with Crippen molar-refractivity contribution in [1.82, 2.24) is 4.98 Å². The molecular formula is C21H19F2NO5S. The summed E-state index contributed by atoms with van der Waals surface area (Å²) < 4.78 is 41.4. The van der Waals surface area contributed by atoms with Crippen LogP contribution in [-0.2, 0) is 4.79 Å². The summed E-state index contributed by atoms with van der Waals surface area (Å²) in [5.41, 5.74) is 2.09. The van der Waals surface area contributed by atoms with Crippen molar-refractivity contribution in [2.45, 2.75) is 19.5 Å². The van der Waals surface area contributed by atoms with E-state index in [4.69, 9.17) is 14.6 Å². The highest BCUT2D eigenvalue weighted by molar-refractivity contribution is 7.19. The number of para-hydroxylation sites is 1. The molecule has 6 nitrogen and oxygen atoms in total. The van der Waals surface area contributed by atoms with Crippen molar-refractivity contribution in [2.24, 2.45) is 0 Å². The standard InChI is InChI=1S/C21H19F2NO5S/c1-27-15-10-12(11-16(28-2)19(15)29-21(22)23)9-13(7-8-18(25)26)20-24-14-5-3-4-6-17(14)30-20/h3-6,9-11,21H,7-8H2,1-2H3,(H,25,26)/b13-9+. The molecule has 0 aliphatic rings. The van der Waals surface area contributed by atoms with Gasteiger partial charge in [-0.3, -0.25) is 4.79 Å². The Kier molecular flexibility index (Phi) is 6.83. The van der Waals surface area contributed by atoms with Gasteiger partial charge in [-0.05, 0) is 47.9 Å². The van der Waals surface area contributed by atoms with Gasteiger partial charge in [0.25, 0.3) is 0 Å². The Morgan fingerprint density at radius 1 is 1.17 bits per heavy atom. The third-order valence-corrected chi connectivity index (χ3v) is 5.32. The predicted octanol–water partition coefficient (Wildman–Crippen LogP) is 5.32. The molecule has 0 aliphatic heterocycles. The van der Waals surface area contributed by atoms with E-state index in [0.29, 0.717) is 16.1 Å². The van der Waals surface area contributed by atoms with E-state index in [1.807, 2.05) is 24.3 Å². The highest BCUT2D eigenvalue weighted by Gasteiger charge is 2.18. The van der Waals surface area contributed by atoms with Gasteiger partial charge in [-0.2, -0.15) is 8.78 Å². The van der Waals surface area contributed by atoms with Crippen LogP contribution in [0.3, 0.4) is 0 Å². The van der Waals surface area contributed by atoms with E-state index in [1.165, 1.54) is 37.7 Å². The van der Waals surface area contributed by atoms with Crippen molar-refractivity contribution in [3.8, 4) is 17.2 Å². The number of nitrogens with zero attached hydrogens (tertiary/aromatic N) is 1. The number of fused-ring (bicyclic) bond motifs is 1. The van der Waals surface area contributed by atoms with Crippen LogP contribution < -0.4 is 14.2 Å². The first-order valence-electron chi connectivity index (χ1n) is 8.90. The van der Waals surface area contributed by atoms with E-state index >= 15 is 0 Å². The van der Waals surface area contributed by atoms with Crippen molar-refractivity contribution < 1.29 is 32.9 Å². The number of carboxylic acids is 1. The van der Waals surface area contributed by atoms with Crippen LogP contribution in [-0.4, -0.2) is 36.9 Å². The largest absolute Gasteiger partial charge is 0.493 e. The van der Waals surface area contributed by atoms with Crippen LogP contribution in [0.4, 0.5) is 8.78 Å². The van der Waals surface area contributed by atoms with Crippen molar-refractivity contribution in [1.29, 1.82) is 0 Å². The van der Waals surface area contributed by atoms with E-state index in [1.54, 1.807) is 6.08 Å². The Morgan fingerprint density at radius 3 is 2.40 bits per heavy atom. The van der Waals surface area contributed by atoms with Gasteiger partial charge in [0.1, 0.15) is 5.01 Å². The molecule has 0 atom stereocenters. The second-order valence-corrected chi connectivity index (χ2v) is 7.21. The monoisotopic (exact) mass is 435 g/mol. The maximum absolute atomic E-state index is 12.8. The third-order valence-electron chi connectivity index (χ3n) is 4.21. The molecule has 3 rings (SSSR count). The molecule has 0 amide bonds. The van der Waals surface area contributed by atoms with Gasteiger partial charge >= 0.3 is 12.6 Å². The molecule has 1 aromatic heterocycles. The highest BCUT2D eigenvalue weighted by Crippen LogP contribution is 2.41. The molecule has 1 N–H and O–H groups in total. The molecule has 1 heterocycles. The van der Waals surface area contributed by atoms with Crippen LogP contribution in [0.5, 0.6) is 17.2 Å². The summed E-state index contributed by atoms with van der Waals surface area (Å²) in [5.74, 6) is -0.998. The van der Waals surface area contributed by atoms with Crippen molar-refractivity contribution >= 4 is 39.2 Å². The van der Waals surface area contributed by atoms with Crippen LogP contribution >= 0.6 is 11.3 Å². The maximum Gasteiger partial charge on any atom is 0.387 e. The van der Waals surface area contributed by atoms with Crippen LogP contribution in [0, 0.1) is 0 Å². The Balaban J connectivity index is 2.08. The number of aromatic nitrogens is 1. The number of allylic oxidation sites excluding steroid dienone is 1. The summed E-state index contributed by atoms with van der Waals surface area (Å²) in [5, 5.41) is 9.81. The first kappa shape index (κ1) is 21.5. The Hall–Kier alpha value is -3.20. The molecule has 30 heavy (non-hydrogen) atoms. The van der Waals surface area contributed by atoms with Gasteiger partial charge in [0.2, 0.25) is 5.75 Å². The summed E-state index contributed by atoms with van der Waals surface area (Å²) in [6.45, 7) is -3.04. The Morgan fingerprint density at radius 2 is 1.83 bits per heavy atom. The fourth-order valence-electron chi connectivity index (χ4n) is 2.88. The average Bonchev–Trinajstić information content (AvgIpc) is 3.15. The number of benzene rings is 2.